The van der Waals surface area contributed by atoms with Crippen molar-refractivity contribution in [1.82, 2.24) is 4.90 Å². The summed E-state index contributed by atoms with van der Waals surface area (Å²) >= 11 is 6.08. The first-order valence-electron chi connectivity index (χ1n) is 6.93. The number of carbonyl (C=O) groups excluding carboxylic acids is 2. The Bertz CT molecular complexity index is 592. The minimum atomic E-state index is -1.03. The number of nitrogens with two attached hydrogens (primary N) is 1. The normalized spacial score (nSPS) is 16.6. The highest BCUT2D eigenvalue weighted by molar-refractivity contribution is 6.33. The summed E-state index contributed by atoms with van der Waals surface area (Å²) in [6.07, 6.45) is -0.467. The second-order valence-corrected chi connectivity index (χ2v) is 6.79. The average molecular weight is 326 g/mol. The summed E-state index contributed by atoms with van der Waals surface area (Å²) < 4.78 is 5.27. The maximum Gasteiger partial charge on any atom is 0.410 e. The molecule has 2 amide bonds. The molecule has 1 aromatic rings. The number of likely N-dealkylation sites (tertiary alicyclic amines) is 1. The molecule has 7 heteroatoms. The third-order valence-electron chi connectivity index (χ3n) is 3.29. The number of halogens is 1. The van der Waals surface area contributed by atoms with Gasteiger partial charge < -0.3 is 20.7 Å². The number of primary amides is 1. The van der Waals surface area contributed by atoms with Crippen molar-refractivity contribution in [3.63, 3.8) is 0 Å². The van der Waals surface area contributed by atoms with Crippen LogP contribution in [0.15, 0.2) is 24.3 Å². The predicted octanol–water partition coefficient (Wildman–Crippen LogP) is 2.23. The Morgan fingerprint density at radius 1 is 1.32 bits per heavy atom. The maximum absolute atomic E-state index is 12.0. The number of amides is 2. The third kappa shape index (κ3) is 3.44. The van der Waals surface area contributed by atoms with E-state index in [0.717, 1.165) is 0 Å². The molecule has 1 heterocycles. The zero-order valence-corrected chi connectivity index (χ0v) is 13.6. The molecule has 120 valence electrons. The van der Waals surface area contributed by atoms with Crippen LogP contribution in [0.4, 0.5) is 10.5 Å². The number of para-hydroxylation sites is 1. The largest absolute Gasteiger partial charge is 0.444 e. The second kappa shape index (κ2) is 5.68. The monoisotopic (exact) mass is 325 g/mol. The molecule has 0 saturated carbocycles. The van der Waals surface area contributed by atoms with Crippen LogP contribution in [0.3, 0.4) is 0 Å². The van der Waals surface area contributed by atoms with Crippen molar-refractivity contribution >= 4 is 29.3 Å². The van der Waals surface area contributed by atoms with E-state index in [4.69, 9.17) is 22.1 Å². The molecule has 0 radical (unpaired) electrons. The summed E-state index contributed by atoms with van der Waals surface area (Å²) in [6, 6.07) is 7.05. The van der Waals surface area contributed by atoms with Crippen molar-refractivity contribution in [2.75, 3.05) is 18.4 Å². The summed E-state index contributed by atoms with van der Waals surface area (Å²) in [5, 5.41) is 3.54. The van der Waals surface area contributed by atoms with Crippen LogP contribution < -0.4 is 11.1 Å². The molecule has 3 N–H and O–H groups in total. The number of ether oxygens (including phenoxy) is 1. The first-order valence-corrected chi connectivity index (χ1v) is 7.31. The minimum absolute atomic E-state index is 0.141. The van der Waals surface area contributed by atoms with E-state index in [1.54, 1.807) is 45.0 Å². The van der Waals surface area contributed by atoms with Crippen LogP contribution in [0.5, 0.6) is 0 Å². The number of benzene rings is 1. The van der Waals surface area contributed by atoms with Crippen LogP contribution in [0.2, 0.25) is 5.02 Å². The van der Waals surface area contributed by atoms with Gasteiger partial charge in [0.1, 0.15) is 5.60 Å². The van der Waals surface area contributed by atoms with Crippen molar-refractivity contribution in [2.45, 2.75) is 31.9 Å². The van der Waals surface area contributed by atoms with Gasteiger partial charge in [-0.3, -0.25) is 4.79 Å². The van der Waals surface area contributed by atoms with E-state index in [0.29, 0.717) is 10.7 Å². The molecule has 1 aliphatic rings. The SMILES string of the molecule is CC(C)(C)OC(=O)N1CC(Nc2ccccc2Cl)(C(N)=O)C1. The standard InChI is InChI=1S/C15H20ClN3O3/c1-14(2,3)22-13(21)19-8-15(9-19,12(17)20)18-11-7-5-4-6-10(11)16/h4-7,18H,8-9H2,1-3H3,(H2,17,20). The van der Waals surface area contributed by atoms with Gasteiger partial charge in [-0.1, -0.05) is 23.7 Å². The molecule has 1 aliphatic heterocycles. The molecule has 1 saturated heterocycles. The lowest BCUT2D eigenvalue weighted by Gasteiger charge is -2.48. The van der Waals surface area contributed by atoms with Crippen LogP contribution in [-0.4, -0.2) is 41.1 Å². The second-order valence-electron chi connectivity index (χ2n) is 6.39. The lowest BCUT2D eigenvalue weighted by molar-refractivity contribution is -0.127. The van der Waals surface area contributed by atoms with Crippen molar-refractivity contribution in [2.24, 2.45) is 5.73 Å². The Balaban J connectivity index is 2.07. The number of nitrogens with one attached hydrogen (secondary N) is 1. The molecular formula is C15H20ClN3O3. The van der Waals surface area contributed by atoms with Gasteiger partial charge in [0.05, 0.1) is 23.8 Å². The highest BCUT2D eigenvalue weighted by Gasteiger charge is 2.51. The Labute approximate surface area is 134 Å². The molecule has 2 rings (SSSR count). The molecule has 0 aliphatic carbocycles. The fourth-order valence-electron chi connectivity index (χ4n) is 2.18. The smallest absolute Gasteiger partial charge is 0.410 e. The molecule has 22 heavy (non-hydrogen) atoms. The number of rotatable bonds is 3. The summed E-state index contributed by atoms with van der Waals surface area (Å²) in [4.78, 5) is 25.2. The van der Waals surface area contributed by atoms with Gasteiger partial charge in [0.2, 0.25) is 5.91 Å². The number of anilines is 1. The molecule has 0 spiro atoms. The zero-order valence-electron chi connectivity index (χ0n) is 12.9. The Morgan fingerprint density at radius 3 is 2.41 bits per heavy atom. The van der Waals surface area contributed by atoms with Gasteiger partial charge in [-0.25, -0.2) is 4.79 Å². The molecule has 1 fully saturated rings. The van der Waals surface area contributed by atoms with Crippen LogP contribution >= 0.6 is 11.6 Å². The summed E-state index contributed by atoms with van der Waals surface area (Å²) in [6.45, 7) is 5.64. The van der Waals surface area contributed by atoms with Crippen LogP contribution in [0, 0.1) is 0 Å². The van der Waals surface area contributed by atoms with Gasteiger partial charge in [0, 0.05) is 0 Å². The fourth-order valence-corrected chi connectivity index (χ4v) is 2.36. The lowest BCUT2D eigenvalue weighted by atomic mass is 9.89. The van der Waals surface area contributed by atoms with E-state index in [9.17, 15) is 9.59 Å². The maximum atomic E-state index is 12.0. The van der Waals surface area contributed by atoms with Gasteiger partial charge in [-0.05, 0) is 32.9 Å². The van der Waals surface area contributed by atoms with Gasteiger partial charge in [0.25, 0.3) is 0 Å². The fraction of sp³-hybridized carbons (Fsp3) is 0.467. The molecule has 0 aromatic heterocycles. The molecule has 0 unspecified atom stereocenters. The third-order valence-corrected chi connectivity index (χ3v) is 3.62. The number of hydrogen-bond acceptors (Lipinski definition) is 4. The number of nitrogens with zero attached hydrogens (tertiary/aromatic N) is 1. The topological polar surface area (TPSA) is 84.7 Å². The molecule has 6 nitrogen and oxygen atoms in total. The minimum Gasteiger partial charge on any atom is -0.444 e. The Kier molecular flexibility index (Phi) is 4.24. The molecule has 0 bridgehead atoms. The van der Waals surface area contributed by atoms with E-state index in [1.165, 1.54) is 4.90 Å². The van der Waals surface area contributed by atoms with Crippen LogP contribution in [0.25, 0.3) is 0 Å². The Morgan fingerprint density at radius 2 is 1.91 bits per heavy atom. The summed E-state index contributed by atoms with van der Waals surface area (Å²) in [7, 11) is 0. The lowest BCUT2D eigenvalue weighted by Crippen LogP contribution is -2.73. The van der Waals surface area contributed by atoms with Crippen LogP contribution in [-0.2, 0) is 9.53 Å². The molecular weight excluding hydrogens is 306 g/mol. The zero-order chi connectivity index (χ0) is 16.5. The highest BCUT2D eigenvalue weighted by Crippen LogP contribution is 2.30. The molecule has 1 aromatic carbocycles. The van der Waals surface area contributed by atoms with Crippen molar-refractivity contribution in [1.29, 1.82) is 0 Å². The average Bonchev–Trinajstić information content (AvgIpc) is 2.32. The molecule has 0 atom stereocenters. The van der Waals surface area contributed by atoms with E-state index in [-0.39, 0.29) is 13.1 Å². The number of carbonyl (C=O) groups is 2. The van der Waals surface area contributed by atoms with E-state index >= 15 is 0 Å². The van der Waals surface area contributed by atoms with Crippen molar-refractivity contribution in [3.8, 4) is 0 Å². The summed E-state index contributed by atoms with van der Waals surface area (Å²) in [5.41, 5.74) is 4.49. The highest BCUT2D eigenvalue weighted by atomic mass is 35.5. The van der Waals surface area contributed by atoms with Crippen molar-refractivity contribution in [3.05, 3.63) is 29.3 Å². The first kappa shape index (κ1) is 16.4. The predicted molar refractivity (Wildman–Crippen MR) is 84.8 cm³/mol. The van der Waals surface area contributed by atoms with E-state index in [1.807, 2.05) is 0 Å². The number of hydrogen-bond donors (Lipinski definition) is 2. The van der Waals surface area contributed by atoms with E-state index in [2.05, 4.69) is 5.32 Å². The summed E-state index contributed by atoms with van der Waals surface area (Å²) in [5.74, 6) is -0.535. The van der Waals surface area contributed by atoms with Crippen molar-refractivity contribution < 1.29 is 14.3 Å². The first-order chi connectivity index (χ1) is 10.1. The van der Waals surface area contributed by atoms with Gasteiger partial charge in [0.15, 0.2) is 5.54 Å². The van der Waals surface area contributed by atoms with Gasteiger partial charge in [-0.15, -0.1) is 0 Å². The van der Waals surface area contributed by atoms with Crippen LogP contribution in [0.1, 0.15) is 20.8 Å². The van der Waals surface area contributed by atoms with Gasteiger partial charge >= 0.3 is 6.09 Å². The Hall–Kier alpha value is -1.95. The quantitative estimate of drug-likeness (QED) is 0.892. The van der Waals surface area contributed by atoms with E-state index < -0.39 is 23.1 Å². The van der Waals surface area contributed by atoms with Gasteiger partial charge in [-0.2, -0.15) is 0 Å².